The van der Waals surface area contributed by atoms with Crippen LogP contribution in [0.25, 0.3) is 0 Å². The molecule has 0 aromatic heterocycles. The van der Waals surface area contributed by atoms with Gasteiger partial charge in [0, 0.05) is 26.2 Å². The Kier molecular flexibility index (Phi) is 12.0. The molecule has 4 N–H and O–H groups in total. The second-order valence-corrected chi connectivity index (χ2v) is 5.69. The van der Waals surface area contributed by atoms with E-state index in [2.05, 4.69) is 20.4 Å². The number of rotatable bonds is 4. The molecule has 126 valence electrons. The van der Waals surface area contributed by atoms with Crippen molar-refractivity contribution in [3.8, 4) is 0 Å². The third-order valence-electron chi connectivity index (χ3n) is 3.92. The molecule has 1 aliphatic rings. The van der Waals surface area contributed by atoms with Gasteiger partial charge in [0.1, 0.15) is 0 Å². The SMILES string of the molecule is OCCN1CCCNCCCN(CCO)CCNCCC1. The minimum absolute atomic E-state index is 0.240. The molecule has 0 spiro atoms. The number of β-amino-alcohol motifs (C(OH)–C–C–N with tert-alkyl or cyclic N) is 2. The fourth-order valence-electron chi connectivity index (χ4n) is 2.72. The molecule has 1 heterocycles. The lowest BCUT2D eigenvalue weighted by Crippen LogP contribution is -2.36. The highest BCUT2D eigenvalue weighted by Crippen LogP contribution is 1.95. The van der Waals surface area contributed by atoms with Crippen LogP contribution in [-0.4, -0.2) is 98.7 Å². The summed E-state index contributed by atoms with van der Waals surface area (Å²) in [6, 6.07) is 0. The zero-order chi connectivity index (χ0) is 15.2. The predicted molar refractivity (Wildman–Crippen MR) is 86.6 cm³/mol. The molecule has 1 fully saturated rings. The van der Waals surface area contributed by atoms with Crippen LogP contribution in [0, 0.1) is 0 Å². The molecule has 0 unspecified atom stereocenters. The average Bonchev–Trinajstić information content (AvgIpc) is 2.49. The summed E-state index contributed by atoms with van der Waals surface area (Å²) < 4.78 is 0. The van der Waals surface area contributed by atoms with Crippen LogP contribution in [0.5, 0.6) is 0 Å². The van der Waals surface area contributed by atoms with Crippen LogP contribution < -0.4 is 10.6 Å². The number of hydrogen-bond donors (Lipinski definition) is 4. The van der Waals surface area contributed by atoms with Crippen LogP contribution >= 0.6 is 0 Å². The molecule has 21 heavy (non-hydrogen) atoms. The van der Waals surface area contributed by atoms with Crippen LogP contribution in [0.15, 0.2) is 0 Å². The van der Waals surface area contributed by atoms with Crippen LogP contribution in [0.3, 0.4) is 0 Å². The molecule has 1 rings (SSSR count). The van der Waals surface area contributed by atoms with Gasteiger partial charge in [0.25, 0.3) is 0 Å². The van der Waals surface area contributed by atoms with Crippen molar-refractivity contribution in [3.05, 3.63) is 0 Å². The Morgan fingerprint density at radius 2 is 1.05 bits per heavy atom. The summed E-state index contributed by atoms with van der Waals surface area (Å²) in [7, 11) is 0. The predicted octanol–water partition coefficient (Wildman–Crippen LogP) is -1.06. The summed E-state index contributed by atoms with van der Waals surface area (Å²) in [6.45, 7) is 10.3. The van der Waals surface area contributed by atoms with E-state index in [-0.39, 0.29) is 13.2 Å². The van der Waals surface area contributed by atoms with E-state index >= 15 is 0 Å². The largest absolute Gasteiger partial charge is 0.395 e. The molecule has 1 saturated heterocycles. The van der Waals surface area contributed by atoms with Gasteiger partial charge in [-0.3, -0.25) is 4.90 Å². The van der Waals surface area contributed by atoms with Gasteiger partial charge >= 0.3 is 0 Å². The van der Waals surface area contributed by atoms with Crippen molar-refractivity contribution < 1.29 is 10.2 Å². The molecule has 0 bridgehead atoms. The third kappa shape index (κ3) is 10.2. The Balaban J connectivity index is 2.31. The Labute approximate surface area is 129 Å². The number of nitrogens with one attached hydrogen (secondary N) is 2. The Morgan fingerprint density at radius 3 is 1.52 bits per heavy atom. The maximum atomic E-state index is 9.11. The average molecular weight is 302 g/mol. The lowest BCUT2D eigenvalue weighted by Gasteiger charge is -2.22. The van der Waals surface area contributed by atoms with Crippen molar-refractivity contribution in [1.29, 1.82) is 0 Å². The standard InChI is InChI=1S/C15H34N4O2/c20-14-12-18-8-1-4-16-5-2-10-19(13-15-21)11-7-17-6-3-9-18/h16-17,20-21H,1-15H2. The Bertz CT molecular complexity index is 210. The molecule has 6 heteroatoms. The molecule has 0 saturated carbocycles. The van der Waals surface area contributed by atoms with Gasteiger partial charge in [-0.2, -0.15) is 0 Å². The van der Waals surface area contributed by atoms with Crippen LogP contribution in [0.2, 0.25) is 0 Å². The van der Waals surface area contributed by atoms with Crippen molar-refractivity contribution in [1.82, 2.24) is 20.4 Å². The summed E-state index contributed by atoms with van der Waals surface area (Å²) in [4.78, 5) is 4.67. The van der Waals surface area contributed by atoms with E-state index in [4.69, 9.17) is 10.2 Å². The quantitative estimate of drug-likeness (QED) is 0.531. The summed E-state index contributed by atoms with van der Waals surface area (Å²) in [5.74, 6) is 0. The maximum absolute atomic E-state index is 9.11. The van der Waals surface area contributed by atoms with Crippen molar-refractivity contribution >= 4 is 0 Å². The minimum atomic E-state index is 0.240. The molecule has 6 nitrogen and oxygen atoms in total. The van der Waals surface area contributed by atoms with E-state index in [1.165, 1.54) is 0 Å². The number of aliphatic hydroxyl groups is 2. The van der Waals surface area contributed by atoms with Gasteiger partial charge in [-0.25, -0.2) is 0 Å². The molecule has 0 aliphatic carbocycles. The normalized spacial score (nSPS) is 22.6. The van der Waals surface area contributed by atoms with Crippen LogP contribution in [0.4, 0.5) is 0 Å². The van der Waals surface area contributed by atoms with Crippen LogP contribution in [-0.2, 0) is 0 Å². The van der Waals surface area contributed by atoms with Gasteiger partial charge in [0.05, 0.1) is 13.2 Å². The van der Waals surface area contributed by atoms with E-state index < -0.39 is 0 Å². The minimum Gasteiger partial charge on any atom is -0.395 e. The fourth-order valence-corrected chi connectivity index (χ4v) is 2.72. The Morgan fingerprint density at radius 1 is 0.619 bits per heavy atom. The highest BCUT2D eigenvalue weighted by molar-refractivity contribution is 4.64. The lowest BCUT2D eigenvalue weighted by atomic mass is 10.3. The first-order valence-corrected chi connectivity index (χ1v) is 8.44. The number of aliphatic hydroxyl groups excluding tert-OH is 2. The van der Waals surface area contributed by atoms with E-state index in [0.717, 1.165) is 84.7 Å². The smallest absolute Gasteiger partial charge is 0.0558 e. The van der Waals surface area contributed by atoms with Gasteiger partial charge in [0.15, 0.2) is 0 Å². The van der Waals surface area contributed by atoms with Gasteiger partial charge in [-0.15, -0.1) is 0 Å². The first-order valence-electron chi connectivity index (χ1n) is 8.44. The van der Waals surface area contributed by atoms with Crippen molar-refractivity contribution in [3.63, 3.8) is 0 Å². The maximum Gasteiger partial charge on any atom is 0.0558 e. The topological polar surface area (TPSA) is 71.0 Å². The van der Waals surface area contributed by atoms with Crippen molar-refractivity contribution in [2.24, 2.45) is 0 Å². The summed E-state index contributed by atoms with van der Waals surface area (Å²) >= 11 is 0. The van der Waals surface area contributed by atoms with E-state index in [1.54, 1.807) is 0 Å². The van der Waals surface area contributed by atoms with Crippen LogP contribution in [0.1, 0.15) is 19.3 Å². The summed E-state index contributed by atoms with van der Waals surface area (Å²) in [6.07, 6.45) is 3.38. The lowest BCUT2D eigenvalue weighted by molar-refractivity contribution is 0.191. The molecule has 0 radical (unpaired) electrons. The van der Waals surface area contributed by atoms with Crippen molar-refractivity contribution in [2.45, 2.75) is 19.3 Å². The fraction of sp³-hybridized carbons (Fsp3) is 1.00. The second-order valence-electron chi connectivity index (χ2n) is 5.69. The highest BCUT2D eigenvalue weighted by atomic mass is 16.3. The first kappa shape index (κ1) is 18.8. The molecular formula is C15H34N4O2. The molecule has 0 aromatic carbocycles. The van der Waals surface area contributed by atoms with E-state index in [9.17, 15) is 0 Å². The monoisotopic (exact) mass is 302 g/mol. The second kappa shape index (κ2) is 13.4. The van der Waals surface area contributed by atoms with Crippen molar-refractivity contribution in [2.75, 3.05) is 78.7 Å². The third-order valence-corrected chi connectivity index (χ3v) is 3.92. The first-order chi connectivity index (χ1) is 10.4. The Hall–Kier alpha value is -0.240. The summed E-state index contributed by atoms with van der Waals surface area (Å²) in [5, 5.41) is 25.2. The highest BCUT2D eigenvalue weighted by Gasteiger charge is 2.06. The number of hydrogen-bond acceptors (Lipinski definition) is 6. The molecule has 0 amide bonds. The summed E-state index contributed by atoms with van der Waals surface area (Å²) in [5.41, 5.74) is 0. The van der Waals surface area contributed by atoms with E-state index in [1.807, 2.05) is 0 Å². The van der Waals surface area contributed by atoms with E-state index in [0.29, 0.717) is 0 Å². The van der Waals surface area contributed by atoms with Gasteiger partial charge in [-0.05, 0) is 58.5 Å². The number of nitrogens with zero attached hydrogens (tertiary/aromatic N) is 2. The van der Waals surface area contributed by atoms with Gasteiger partial charge in [0.2, 0.25) is 0 Å². The molecular weight excluding hydrogens is 268 g/mol. The van der Waals surface area contributed by atoms with Gasteiger partial charge in [-0.1, -0.05) is 0 Å². The zero-order valence-electron chi connectivity index (χ0n) is 13.4. The molecule has 0 aromatic rings. The zero-order valence-corrected chi connectivity index (χ0v) is 13.4. The van der Waals surface area contributed by atoms with Gasteiger partial charge < -0.3 is 25.7 Å². The molecule has 0 atom stereocenters. The molecule has 1 aliphatic heterocycles.